The number of ether oxygens (including phenoxy) is 3. The monoisotopic (exact) mass is 836 g/mol. The van der Waals surface area contributed by atoms with Crippen LogP contribution >= 0.6 is 0 Å². The van der Waals surface area contributed by atoms with E-state index in [0.29, 0.717) is 51.1 Å². The molecule has 334 valence electrons. The van der Waals surface area contributed by atoms with Crippen molar-refractivity contribution in [1.29, 1.82) is 0 Å². The number of piperidine rings is 1. The summed E-state index contributed by atoms with van der Waals surface area (Å²) in [6.45, 7) is 7.87. The van der Waals surface area contributed by atoms with Crippen molar-refractivity contribution in [2.75, 3.05) is 40.1 Å². The molecule has 13 nitrogen and oxygen atoms in total. The quantitative estimate of drug-likeness (QED) is 0.0607. The summed E-state index contributed by atoms with van der Waals surface area (Å²) in [6.07, 6.45) is 8.80. The van der Waals surface area contributed by atoms with Gasteiger partial charge in [0.1, 0.15) is 13.4 Å². The molecule has 2 fully saturated rings. The standard InChI is InChI=1S/C47H73N5O8/c1-5-6-22-40(50-42(30-36-18-12-8-13-19-36)46(56)52-27-23-38(24-28-52)60-33-58-4)45(55)51-41(29-35-16-10-7-11-17-35)43(53)31-39(34(2)3)44(54)48-25-26-49-47(57)59-32-37-20-14-9-15-21-37/h8-9,12-15,18-21,34-35,38-43,50,53H,5-7,10-11,16-17,22-33H2,1-4H3,(H,48,54)(H,49,57)(H,51,55)/t39-,40-,41-,42-,43-/m0/s1. The average Bonchev–Trinajstić information content (AvgIpc) is 3.27. The van der Waals surface area contributed by atoms with Crippen LogP contribution in [0.15, 0.2) is 60.7 Å². The highest BCUT2D eigenvalue weighted by molar-refractivity contribution is 5.86. The average molecular weight is 836 g/mol. The minimum absolute atomic E-state index is 0.0321. The summed E-state index contributed by atoms with van der Waals surface area (Å²) in [5.74, 6) is -0.761. The van der Waals surface area contributed by atoms with E-state index >= 15 is 0 Å². The van der Waals surface area contributed by atoms with E-state index in [1.165, 1.54) is 6.42 Å². The number of unbranched alkanes of at least 4 members (excludes halogenated alkanes) is 1. The van der Waals surface area contributed by atoms with Crippen molar-refractivity contribution in [3.63, 3.8) is 0 Å². The summed E-state index contributed by atoms with van der Waals surface area (Å²) in [5.41, 5.74) is 1.88. The molecule has 0 bridgehead atoms. The first kappa shape index (κ1) is 48.6. The van der Waals surface area contributed by atoms with E-state index in [2.05, 4.69) is 28.2 Å². The molecule has 13 heteroatoms. The number of aliphatic hydroxyl groups is 1. The number of carbonyl (C=O) groups excluding carboxylic acids is 4. The molecule has 0 aromatic heterocycles. The SMILES string of the molecule is CCCC[C@H](N[C@@H](Cc1ccccc1)C(=O)N1CCC(OCOC)CC1)C(=O)N[C@@H](CC1CCCCC1)[C@@H](O)C[C@H](C(=O)NCCNC(=O)OCc1ccccc1)C(C)C. The molecule has 1 aliphatic heterocycles. The third-order valence-corrected chi connectivity index (χ3v) is 12.0. The summed E-state index contributed by atoms with van der Waals surface area (Å²) < 4.78 is 16.1. The maximum Gasteiger partial charge on any atom is 0.407 e. The van der Waals surface area contributed by atoms with Crippen molar-refractivity contribution >= 4 is 23.8 Å². The van der Waals surface area contributed by atoms with Crippen LogP contribution in [0.2, 0.25) is 0 Å². The zero-order valence-electron chi connectivity index (χ0n) is 36.6. The van der Waals surface area contributed by atoms with Crippen LogP contribution in [-0.4, -0.2) is 104 Å². The molecule has 2 aromatic rings. The predicted molar refractivity (Wildman–Crippen MR) is 233 cm³/mol. The minimum Gasteiger partial charge on any atom is -0.445 e. The van der Waals surface area contributed by atoms with Gasteiger partial charge >= 0.3 is 6.09 Å². The summed E-state index contributed by atoms with van der Waals surface area (Å²) in [6, 6.07) is 17.4. The van der Waals surface area contributed by atoms with E-state index in [1.54, 1.807) is 7.11 Å². The Morgan fingerprint density at radius 1 is 0.833 bits per heavy atom. The van der Waals surface area contributed by atoms with Crippen LogP contribution < -0.4 is 21.3 Å². The normalized spacial score (nSPS) is 17.6. The highest BCUT2D eigenvalue weighted by Gasteiger charge is 2.35. The molecule has 2 aromatic carbocycles. The first-order valence-corrected chi connectivity index (χ1v) is 22.5. The Labute approximate surface area is 358 Å². The van der Waals surface area contributed by atoms with Crippen LogP contribution in [-0.2, 0) is 41.6 Å². The molecule has 4 amide bonds. The fraction of sp³-hybridized carbons (Fsp3) is 0.660. The van der Waals surface area contributed by atoms with Gasteiger partial charge in [0.2, 0.25) is 17.7 Å². The number of rotatable bonds is 25. The van der Waals surface area contributed by atoms with Crippen molar-refractivity contribution in [2.45, 2.75) is 141 Å². The van der Waals surface area contributed by atoms with E-state index in [0.717, 1.165) is 49.7 Å². The smallest absolute Gasteiger partial charge is 0.407 e. The van der Waals surface area contributed by atoms with Crippen LogP contribution in [0.5, 0.6) is 0 Å². The van der Waals surface area contributed by atoms with Crippen molar-refractivity contribution in [3.8, 4) is 0 Å². The molecular formula is C47H73N5O8. The van der Waals surface area contributed by atoms with Gasteiger partial charge in [-0.3, -0.25) is 19.7 Å². The Balaban J connectivity index is 1.42. The molecule has 1 aliphatic carbocycles. The second-order valence-electron chi connectivity index (χ2n) is 17.0. The molecular weight excluding hydrogens is 763 g/mol. The van der Waals surface area contributed by atoms with Gasteiger partial charge in [-0.25, -0.2) is 4.79 Å². The van der Waals surface area contributed by atoms with Gasteiger partial charge < -0.3 is 40.2 Å². The zero-order valence-corrected chi connectivity index (χ0v) is 36.6. The van der Waals surface area contributed by atoms with Crippen molar-refractivity contribution < 1.29 is 38.5 Å². The third kappa shape index (κ3) is 17.1. The number of aliphatic hydroxyl groups excluding tert-OH is 1. The van der Waals surface area contributed by atoms with Crippen LogP contribution in [0.3, 0.4) is 0 Å². The van der Waals surface area contributed by atoms with Crippen LogP contribution in [0.25, 0.3) is 0 Å². The molecule has 60 heavy (non-hydrogen) atoms. The molecule has 0 radical (unpaired) electrons. The second-order valence-corrected chi connectivity index (χ2v) is 17.0. The number of hydrogen-bond acceptors (Lipinski definition) is 9. The molecule has 1 heterocycles. The first-order chi connectivity index (χ1) is 29.1. The van der Waals surface area contributed by atoms with E-state index in [9.17, 15) is 24.3 Å². The number of nitrogens with one attached hydrogen (secondary N) is 4. The topological polar surface area (TPSA) is 168 Å². The Kier molecular flexibility index (Phi) is 21.9. The van der Waals surface area contributed by atoms with E-state index in [1.807, 2.05) is 79.4 Å². The number of benzene rings is 2. The number of nitrogens with zero attached hydrogens (tertiary/aromatic N) is 1. The first-order valence-electron chi connectivity index (χ1n) is 22.5. The van der Waals surface area contributed by atoms with Gasteiger partial charge in [-0.1, -0.05) is 126 Å². The fourth-order valence-corrected chi connectivity index (χ4v) is 8.38. The van der Waals surface area contributed by atoms with Gasteiger partial charge in [0.15, 0.2) is 0 Å². The maximum absolute atomic E-state index is 14.5. The third-order valence-electron chi connectivity index (χ3n) is 12.0. The largest absolute Gasteiger partial charge is 0.445 e. The Hall–Kier alpha value is -4.04. The van der Waals surface area contributed by atoms with Gasteiger partial charge in [-0.05, 0) is 61.5 Å². The number of carbonyl (C=O) groups is 4. The molecule has 2 aliphatic rings. The molecule has 0 unspecified atom stereocenters. The van der Waals surface area contributed by atoms with Crippen LogP contribution in [0.1, 0.15) is 109 Å². The summed E-state index contributed by atoms with van der Waals surface area (Å²) in [5, 5.41) is 24.3. The van der Waals surface area contributed by atoms with Crippen molar-refractivity contribution in [3.05, 3.63) is 71.8 Å². The van der Waals surface area contributed by atoms with Gasteiger partial charge in [0, 0.05) is 39.2 Å². The Bertz CT molecular complexity index is 1530. The number of methoxy groups -OCH3 is 1. The second kappa shape index (κ2) is 27.0. The van der Waals surface area contributed by atoms with E-state index < -0.39 is 36.2 Å². The van der Waals surface area contributed by atoms with E-state index in [-0.39, 0.29) is 62.7 Å². The van der Waals surface area contributed by atoms with Gasteiger partial charge in [0.25, 0.3) is 0 Å². The number of alkyl carbamates (subject to hydrolysis) is 1. The van der Waals surface area contributed by atoms with E-state index in [4.69, 9.17) is 14.2 Å². The van der Waals surface area contributed by atoms with Gasteiger partial charge in [-0.15, -0.1) is 0 Å². The summed E-state index contributed by atoms with van der Waals surface area (Å²) >= 11 is 0. The van der Waals surface area contributed by atoms with Crippen LogP contribution in [0.4, 0.5) is 4.79 Å². The van der Waals surface area contributed by atoms with Gasteiger partial charge in [0.05, 0.1) is 30.3 Å². The molecule has 1 saturated carbocycles. The molecule has 4 rings (SSSR count). The summed E-state index contributed by atoms with van der Waals surface area (Å²) in [7, 11) is 1.60. The Morgan fingerprint density at radius 3 is 2.12 bits per heavy atom. The van der Waals surface area contributed by atoms with Crippen molar-refractivity contribution in [2.24, 2.45) is 17.8 Å². The maximum atomic E-state index is 14.5. The predicted octanol–water partition coefficient (Wildman–Crippen LogP) is 5.88. The molecule has 0 spiro atoms. The highest BCUT2D eigenvalue weighted by atomic mass is 16.7. The van der Waals surface area contributed by atoms with Crippen LogP contribution in [0, 0.1) is 17.8 Å². The lowest BCUT2D eigenvalue weighted by Crippen LogP contribution is -2.58. The lowest BCUT2D eigenvalue weighted by molar-refractivity contribution is -0.139. The molecule has 5 atom stereocenters. The number of hydrogen-bond donors (Lipinski definition) is 5. The van der Waals surface area contributed by atoms with Crippen molar-refractivity contribution in [1.82, 2.24) is 26.2 Å². The Morgan fingerprint density at radius 2 is 1.48 bits per heavy atom. The highest BCUT2D eigenvalue weighted by Crippen LogP contribution is 2.30. The number of amides is 4. The summed E-state index contributed by atoms with van der Waals surface area (Å²) in [4.78, 5) is 56.4. The zero-order chi connectivity index (χ0) is 43.1. The lowest BCUT2D eigenvalue weighted by atomic mass is 9.81. The fourth-order valence-electron chi connectivity index (χ4n) is 8.38. The van der Waals surface area contributed by atoms with Gasteiger partial charge in [-0.2, -0.15) is 0 Å². The minimum atomic E-state index is -0.977. The lowest BCUT2D eigenvalue weighted by Gasteiger charge is -2.36. The molecule has 1 saturated heterocycles. The number of likely N-dealkylation sites (tertiary alicyclic amines) is 1. The molecule has 5 N–H and O–H groups in total.